The van der Waals surface area contributed by atoms with Crippen molar-refractivity contribution < 1.29 is 4.39 Å². The third-order valence-electron chi connectivity index (χ3n) is 4.36. The second-order valence-corrected chi connectivity index (χ2v) is 5.80. The van der Waals surface area contributed by atoms with Gasteiger partial charge in [-0.1, -0.05) is 19.1 Å². The Hall–Kier alpha value is -1.09. The Morgan fingerprint density at radius 1 is 1.32 bits per heavy atom. The van der Waals surface area contributed by atoms with E-state index < -0.39 is 0 Å². The molecule has 104 valence electrons. The van der Waals surface area contributed by atoms with Gasteiger partial charge < -0.3 is 10.2 Å². The Morgan fingerprint density at radius 2 is 2.16 bits per heavy atom. The van der Waals surface area contributed by atoms with E-state index in [2.05, 4.69) is 23.2 Å². The van der Waals surface area contributed by atoms with Crippen molar-refractivity contribution in [3.8, 4) is 0 Å². The molecule has 1 aromatic rings. The number of halogens is 1. The van der Waals surface area contributed by atoms with Gasteiger partial charge in [-0.3, -0.25) is 0 Å². The maximum Gasteiger partial charge on any atom is 0.146 e. The predicted octanol–water partition coefficient (Wildman–Crippen LogP) is 3.46. The number of rotatable bonds is 5. The summed E-state index contributed by atoms with van der Waals surface area (Å²) in [5, 5.41) is 3.50. The first-order chi connectivity index (χ1) is 9.29. The van der Waals surface area contributed by atoms with E-state index >= 15 is 0 Å². The van der Waals surface area contributed by atoms with Gasteiger partial charge in [0.25, 0.3) is 0 Å². The fraction of sp³-hybridized carbons (Fsp3) is 0.625. The summed E-state index contributed by atoms with van der Waals surface area (Å²) < 4.78 is 14.3. The Balaban J connectivity index is 1.84. The largest absolute Gasteiger partial charge is 0.366 e. The Kier molecular flexibility index (Phi) is 3.74. The normalized spacial score (nSPS) is 23.1. The van der Waals surface area contributed by atoms with E-state index in [-0.39, 0.29) is 5.82 Å². The van der Waals surface area contributed by atoms with Crippen molar-refractivity contribution in [1.29, 1.82) is 0 Å². The fourth-order valence-electron chi connectivity index (χ4n) is 3.12. The summed E-state index contributed by atoms with van der Waals surface area (Å²) in [6, 6.07) is 6.67. The summed E-state index contributed by atoms with van der Waals surface area (Å²) in [6.07, 6.45) is 6.02. The molecule has 0 amide bonds. The van der Waals surface area contributed by atoms with E-state index in [1.807, 2.05) is 6.07 Å². The van der Waals surface area contributed by atoms with Crippen molar-refractivity contribution in [2.45, 2.75) is 57.7 Å². The van der Waals surface area contributed by atoms with Crippen LogP contribution >= 0.6 is 0 Å². The van der Waals surface area contributed by atoms with Gasteiger partial charge in [0.05, 0.1) is 5.69 Å². The Morgan fingerprint density at radius 3 is 2.89 bits per heavy atom. The van der Waals surface area contributed by atoms with Crippen molar-refractivity contribution in [1.82, 2.24) is 5.32 Å². The molecule has 1 saturated heterocycles. The van der Waals surface area contributed by atoms with Gasteiger partial charge in [-0.05, 0) is 43.7 Å². The monoisotopic (exact) mass is 262 g/mol. The fourth-order valence-corrected chi connectivity index (χ4v) is 3.12. The molecule has 1 aromatic carbocycles. The number of benzene rings is 1. The first-order valence-corrected chi connectivity index (χ1v) is 7.57. The molecule has 2 fully saturated rings. The highest BCUT2D eigenvalue weighted by Gasteiger charge is 2.28. The number of hydrogen-bond acceptors (Lipinski definition) is 2. The zero-order valence-corrected chi connectivity index (χ0v) is 11.7. The van der Waals surface area contributed by atoms with Gasteiger partial charge in [-0.15, -0.1) is 0 Å². The molecule has 0 radical (unpaired) electrons. The second-order valence-electron chi connectivity index (χ2n) is 5.80. The van der Waals surface area contributed by atoms with Crippen LogP contribution in [-0.4, -0.2) is 18.6 Å². The number of nitrogens with one attached hydrogen (secondary N) is 1. The standard InChI is InChI=1S/C16H23FN2/c1-2-14-6-4-10-19(14)16-12(5-3-7-15(16)17)11-18-13-8-9-13/h3,5,7,13-14,18H,2,4,6,8-11H2,1H3. The summed E-state index contributed by atoms with van der Waals surface area (Å²) in [5.41, 5.74) is 1.97. The number of nitrogens with zero attached hydrogens (tertiary/aromatic N) is 1. The number of anilines is 1. The van der Waals surface area contributed by atoms with Gasteiger partial charge in [-0.25, -0.2) is 4.39 Å². The SMILES string of the molecule is CCC1CCCN1c1c(F)cccc1CNC1CC1. The highest BCUT2D eigenvalue weighted by molar-refractivity contribution is 5.56. The lowest BCUT2D eigenvalue weighted by atomic mass is 10.1. The minimum atomic E-state index is -0.0598. The molecule has 1 aliphatic heterocycles. The van der Waals surface area contributed by atoms with E-state index in [9.17, 15) is 4.39 Å². The lowest BCUT2D eigenvalue weighted by Crippen LogP contribution is -2.31. The van der Waals surface area contributed by atoms with Crippen LogP contribution in [0.4, 0.5) is 10.1 Å². The summed E-state index contributed by atoms with van der Waals surface area (Å²) >= 11 is 0. The Bertz CT molecular complexity index is 442. The van der Waals surface area contributed by atoms with E-state index in [0.29, 0.717) is 12.1 Å². The topological polar surface area (TPSA) is 15.3 Å². The smallest absolute Gasteiger partial charge is 0.146 e. The predicted molar refractivity (Wildman–Crippen MR) is 76.9 cm³/mol. The van der Waals surface area contributed by atoms with Gasteiger partial charge in [0.15, 0.2) is 0 Å². The van der Waals surface area contributed by atoms with Crippen LogP contribution in [0.1, 0.15) is 44.6 Å². The molecule has 0 bridgehead atoms. The summed E-state index contributed by atoms with van der Waals surface area (Å²) in [4.78, 5) is 2.29. The number of hydrogen-bond donors (Lipinski definition) is 1. The van der Waals surface area contributed by atoms with E-state index in [0.717, 1.165) is 30.8 Å². The van der Waals surface area contributed by atoms with Crippen molar-refractivity contribution in [3.05, 3.63) is 29.6 Å². The van der Waals surface area contributed by atoms with Crippen LogP contribution in [0.25, 0.3) is 0 Å². The van der Waals surface area contributed by atoms with Crippen molar-refractivity contribution in [2.75, 3.05) is 11.4 Å². The third-order valence-corrected chi connectivity index (χ3v) is 4.36. The van der Waals surface area contributed by atoms with Gasteiger partial charge >= 0.3 is 0 Å². The first kappa shape index (κ1) is 12.9. The molecular weight excluding hydrogens is 239 g/mol. The quantitative estimate of drug-likeness (QED) is 0.874. The molecule has 19 heavy (non-hydrogen) atoms. The molecule has 1 aliphatic carbocycles. The molecule has 1 N–H and O–H groups in total. The van der Waals surface area contributed by atoms with Crippen LogP contribution < -0.4 is 10.2 Å². The van der Waals surface area contributed by atoms with Crippen LogP contribution in [0, 0.1) is 5.82 Å². The van der Waals surface area contributed by atoms with E-state index in [4.69, 9.17) is 0 Å². The molecule has 1 unspecified atom stereocenters. The van der Waals surface area contributed by atoms with Crippen LogP contribution in [0.3, 0.4) is 0 Å². The number of para-hydroxylation sites is 1. The third kappa shape index (κ3) is 2.76. The Labute approximate surface area is 115 Å². The molecular formula is C16H23FN2. The zero-order chi connectivity index (χ0) is 13.2. The molecule has 1 saturated carbocycles. The second kappa shape index (κ2) is 5.49. The van der Waals surface area contributed by atoms with Crippen LogP contribution in [0.5, 0.6) is 0 Å². The maximum atomic E-state index is 14.3. The minimum absolute atomic E-state index is 0.0598. The van der Waals surface area contributed by atoms with E-state index in [1.165, 1.54) is 25.7 Å². The molecule has 3 heteroatoms. The highest BCUT2D eigenvalue weighted by Crippen LogP contribution is 2.33. The highest BCUT2D eigenvalue weighted by atomic mass is 19.1. The zero-order valence-electron chi connectivity index (χ0n) is 11.7. The molecule has 0 aromatic heterocycles. The van der Waals surface area contributed by atoms with Gasteiger partial charge in [-0.2, -0.15) is 0 Å². The van der Waals surface area contributed by atoms with E-state index in [1.54, 1.807) is 6.07 Å². The lowest BCUT2D eigenvalue weighted by Gasteiger charge is -2.28. The van der Waals surface area contributed by atoms with Crippen molar-refractivity contribution in [3.63, 3.8) is 0 Å². The minimum Gasteiger partial charge on any atom is -0.366 e. The average molecular weight is 262 g/mol. The van der Waals surface area contributed by atoms with Crippen LogP contribution in [0.15, 0.2) is 18.2 Å². The molecule has 2 aliphatic rings. The lowest BCUT2D eigenvalue weighted by molar-refractivity contribution is 0.588. The molecule has 1 atom stereocenters. The van der Waals surface area contributed by atoms with Gasteiger partial charge in [0, 0.05) is 25.2 Å². The summed E-state index contributed by atoms with van der Waals surface area (Å²) in [7, 11) is 0. The van der Waals surface area contributed by atoms with Gasteiger partial charge in [0.1, 0.15) is 5.82 Å². The molecule has 2 nitrogen and oxygen atoms in total. The molecule has 0 spiro atoms. The van der Waals surface area contributed by atoms with Crippen LogP contribution in [-0.2, 0) is 6.54 Å². The van der Waals surface area contributed by atoms with Gasteiger partial charge in [0.2, 0.25) is 0 Å². The first-order valence-electron chi connectivity index (χ1n) is 7.57. The average Bonchev–Trinajstić information content (AvgIpc) is 3.13. The van der Waals surface area contributed by atoms with Crippen LogP contribution in [0.2, 0.25) is 0 Å². The molecule has 1 heterocycles. The van der Waals surface area contributed by atoms with Crippen molar-refractivity contribution in [2.24, 2.45) is 0 Å². The maximum absolute atomic E-state index is 14.3. The summed E-state index contributed by atoms with van der Waals surface area (Å²) in [5.74, 6) is -0.0598. The van der Waals surface area contributed by atoms with Crippen molar-refractivity contribution >= 4 is 5.69 Å². The summed E-state index contributed by atoms with van der Waals surface area (Å²) in [6.45, 7) is 3.99. The molecule has 3 rings (SSSR count).